The molecule has 2 atom stereocenters. The van der Waals surface area contributed by atoms with Crippen molar-refractivity contribution >= 4 is 0 Å². The van der Waals surface area contributed by atoms with Gasteiger partial charge in [-0.1, -0.05) is 50.6 Å². The van der Waals surface area contributed by atoms with Crippen LogP contribution < -0.4 is 5.73 Å². The van der Waals surface area contributed by atoms with Crippen molar-refractivity contribution in [2.45, 2.75) is 66.1 Å². The van der Waals surface area contributed by atoms with Crippen LogP contribution in [-0.2, 0) is 0 Å². The van der Waals surface area contributed by atoms with Gasteiger partial charge >= 0.3 is 0 Å². The third kappa shape index (κ3) is 4.60. The third-order valence-corrected chi connectivity index (χ3v) is 3.86. The van der Waals surface area contributed by atoms with Crippen molar-refractivity contribution in [3.05, 3.63) is 35.4 Å². The standard InChI is InChI=1S/C18H32N2/c1-7-17(19)18(16-10-8-9-15(6)11-16)20(14(4)5)12-13(2)3/h8-11,13-14,17-18H,7,12,19H2,1-6H3. The number of nitrogens with two attached hydrogens (primary N) is 1. The Bertz CT molecular complexity index is 398. The molecule has 1 rings (SSSR count). The van der Waals surface area contributed by atoms with Gasteiger partial charge in [-0.2, -0.15) is 0 Å². The summed E-state index contributed by atoms with van der Waals surface area (Å²) in [6, 6.07) is 9.80. The van der Waals surface area contributed by atoms with Crippen molar-refractivity contribution in [2.24, 2.45) is 11.7 Å². The number of benzene rings is 1. The van der Waals surface area contributed by atoms with E-state index in [0.717, 1.165) is 13.0 Å². The Labute approximate surface area is 125 Å². The molecular weight excluding hydrogens is 244 g/mol. The average Bonchev–Trinajstić information content (AvgIpc) is 2.37. The van der Waals surface area contributed by atoms with Gasteiger partial charge in [0.2, 0.25) is 0 Å². The van der Waals surface area contributed by atoms with Gasteiger partial charge in [0.15, 0.2) is 0 Å². The highest BCUT2D eigenvalue weighted by Gasteiger charge is 2.28. The Morgan fingerprint density at radius 3 is 2.25 bits per heavy atom. The summed E-state index contributed by atoms with van der Waals surface area (Å²) in [4.78, 5) is 2.56. The van der Waals surface area contributed by atoms with Crippen LogP contribution in [0.5, 0.6) is 0 Å². The van der Waals surface area contributed by atoms with E-state index in [-0.39, 0.29) is 6.04 Å². The molecule has 0 fully saturated rings. The lowest BCUT2D eigenvalue weighted by Gasteiger charge is -2.39. The lowest BCUT2D eigenvalue weighted by Crippen LogP contribution is -2.45. The molecule has 0 bridgehead atoms. The molecule has 0 radical (unpaired) electrons. The Morgan fingerprint density at radius 2 is 1.80 bits per heavy atom. The molecule has 0 saturated heterocycles. The van der Waals surface area contributed by atoms with Crippen LogP contribution in [0.1, 0.15) is 58.2 Å². The number of hydrogen-bond acceptors (Lipinski definition) is 2. The summed E-state index contributed by atoms with van der Waals surface area (Å²) < 4.78 is 0. The summed E-state index contributed by atoms with van der Waals surface area (Å²) in [5, 5.41) is 0. The molecule has 0 amide bonds. The topological polar surface area (TPSA) is 29.3 Å². The molecule has 0 saturated carbocycles. The SMILES string of the molecule is CCC(N)C(c1cccc(C)c1)N(CC(C)C)C(C)C. The van der Waals surface area contributed by atoms with Gasteiger partial charge in [0.1, 0.15) is 0 Å². The molecule has 0 aromatic heterocycles. The fourth-order valence-corrected chi connectivity index (χ4v) is 2.83. The van der Waals surface area contributed by atoms with Gasteiger partial charge in [-0.3, -0.25) is 4.90 Å². The monoisotopic (exact) mass is 276 g/mol. The molecular formula is C18H32N2. The number of aryl methyl sites for hydroxylation is 1. The molecule has 0 spiro atoms. The van der Waals surface area contributed by atoms with Crippen LogP contribution in [0.2, 0.25) is 0 Å². The lowest BCUT2D eigenvalue weighted by atomic mass is 9.93. The van der Waals surface area contributed by atoms with Crippen molar-refractivity contribution in [2.75, 3.05) is 6.54 Å². The summed E-state index contributed by atoms with van der Waals surface area (Å²) in [7, 11) is 0. The van der Waals surface area contributed by atoms with E-state index in [1.807, 2.05) is 0 Å². The molecule has 0 aliphatic rings. The average molecular weight is 276 g/mol. The highest BCUT2D eigenvalue weighted by atomic mass is 15.2. The van der Waals surface area contributed by atoms with Gasteiger partial charge in [0, 0.05) is 18.6 Å². The molecule has 2 unspecified atom stereocenters. The maximum Gasteiger partial charge on any atom is 0.0501 e. The quantitative estimate of drug-likeness (QED) is 0.811. The molecule has 0 aliphatic carbocycles. The first-order valence-electron chi connectivity index (χ1n) is 7.94. The van der Waals surface area contributed by atoms with E-state index in [2.05, 4.69) is 70.7 Å². The fraction of sp³-hybridized carbons (Fsp3) is 0.667. The van der Waals surface area contributed by atoms with E-state index in [0.29, 0.717) is 18.0 Å². The number of rotatable bonds is 7. The van der Waals surface area contributed by atoms with Crippen molar-refractivity contribution in [1.29, 1.82) is 0 Å². The fourth-order valence-electron chi connectivity index (χ4n) is 2.83. The van der Waals surface area contributed by atoms with Crippen LogP contribution in [0.15, 0.2) is 24.3 Å². The van der Waals surface area contributed by atoms with E-state index in [4.69, 9.17) is 5.73 Å². The molecule has 20 heavy (non-hydrogen) atoms. The molecule has 1 aromatic rings. The van der Waals surface area contributed by atoms with E-state index >= 15 is 0 Å². The second-order valence-electron chi connectivity index (χ2n) is 6.62. The van der Waals surface area contributed by atoms with Crippen LogP contribution in [0, 0.1) is 12.8 Å². The predicted molar refractivity (Wildman–Crippen MR) is 88.9 cm³/mol. The number of hydrogen-bond donors (Lipinski definition) is 1. The molecule has 0 heterocycles. The normalized spacial score (nSPS) is 15.1. The molecule has 1 aromatic carbocycles. The summed E-state index contributed by atoms with van der Waals surface area (Å²) in [5.74, 6) is 0.647. The molecule has 2 N–H and O–H groups in total. The maximum atomic E-state index is 6.47. The van der Waals surface area contributed by atoms with Crippen molar-refractivity contribution in [3.63, 3.8) is 0 Å². The first kappa shape index (κ1) is 17.2. The van der Waals surface area contributed by atoms with E-state index in [9.17, 15) is 0 Å². The Balaban J connectivity index is 3.15. The van der Waals surface area contributed by atoms with E-state index in [1.165, 1.54) is 11.1 Å². The second-order valence-corrected chi connectivity index (χ2v) is 6.62. The Hall–Kier alpha value is -0.860. The van der Waals surface area contributed by atoms with Gasteiger partial charge < -0.3 is 5.73 Å². The van der Waals surface area contributed by atoms with E-state index < -0.39 is 0 Å². The highest BCUT2D eigenvalue weighted by Crippen LogP contribution is 2.28. The molecule has 114 valence electrons. The first-order chi connectivity index (χ1) is 9.36. The van der Waals surface area contributed by atoms with Crippen molar-refractivity contribution in [1.82, 2.24) is 4.90 Å². The zero-order valence-corrected chi connectivity index (χ0v) is 14.1. The zero-order chi connectivity index (χ0) is 15.3. The highest BCUT2D eigenvalue weighted by molar-refractivity contribution is 5.26. The summed E-state index contributed by atoms with van der Waals surface area (Å²) in [5.41, 5.74) is 9.14. The van der Waals surface area contributed by atoms with Crippen LogP contribution in [0.4, 0.5) is 0 Å². The largest absolute Gasteiger partial charge is 0.326 e. The van der Waals surface area contributed by atoms with Crippen LogP contribution >= 0.6 is 0 Å². The first-order valence-corrected chi connectivity index (χ1v) is 7.94. The lowest BCUT2D eigenvalue weighted by molar-refractivity contribution is 0.114. The van der Waals surface area contributed by atoms with Gasteiger partial charge in [0.05, 0.1) is 6.04 Å². The summed E-state index contributed by atoms with van der Waals surface area (Å²) in [6.07, 6.45) is 1.000. The summed E-state index contributed by atoms with van der Waals surface area (Å²) >= 11 is 0. The van der Waals surface area contributed by atoms with Crippen molar-refractivity contribution < 1.29 is 0 Å². The van der Waals surface area contributed by atoms with Gasteiger partial charge in [0.25, 0.3) is 0 Å². The molecule has 2 heteroatoms. The summed E-state index contributed by atoms with van der Waals surface area (Å²) in [6.45, 7) is 14.5. The number of nitrogens with zero attached hydrogens (tertiary/aromatic N) is 1. The van der Waals surface area contributed by atoms with Crippen LogP contribution in [0.25, 0.3) is 0 Å². The van der Waals surface area contributed by atoms with Gasteiger partial charge in [-0.05, 0) is 38.7 Å². The Morgan fingerprint density at radius 1 is 1.15 bits per heavy atom. The maximum absolute atomic E-state index is 6.47. The third-order valence-electron chi connectivity index (χ3n) is 3.86. The minimum atomic E-state index is 0.179. The van der Waals surface area contributed by atoms with Crippen molar-refractivity contribution in [3.8, 4) is 0 Å². The minimum Gasteiger partial charge on any atom is -0.326 e. The Kier molecular flexibility index (Phi) is 6.70. The predicted octanol–water partition coefficient (Wildman–Crippen LogP) is 4.14. The van der Waals surface area contributed by atoms with Crippen LogP contribution in [-0.4, -0.2) is 23.5 Å². The van der Waals surface area contributed by atoms with Gasteiger partial charge in [-0.25, -0.2) is 0 Å². The smallest absolute Gasteiger partial charge is 0.0501 e. The van der Waals surface area contributed by atoms with Crippen LogP contribution in [0.3, 0.4) is 0 Å². The molecule has 0 aliphatic heterocycles. The van der Waals surface area contributed by atoms with E-state index in [1.54, 1.807) is 0 Å². The zero-order valence-electron chi connectivity index (χ0n) is 14.1. The second kappa shape index (κ2) is 7.80. The minimum absolute atomic E-state index is 0.179. The van der Waals surface area contributed by atoms with Gasteiger partial charge in [-0.15, -0.1) is 0 Å². The molecule has 2 nitrogen and oxygen atoms in total.